The first kappa shape index (κ1) is 14.4. The minimum atomic E-state index is -4.09. The molecule has 1 aromatic rings. The molecule has 0 aromatic carbocycles. The molecule has 1 saturated carbocycles. The van der Waals surface area contributed by atoms with Gasteiger partial charge in [0.2, 0.25) is 0 Å². The molecular formula is C14H20F3NO. The highest BCUT2D eigenvalue weighted by Crippen LogP contribution is 2.43. The molecule has 2 nitrogen and oxygen atoms in total. The molecule has 1 N–H and O–H groups in total. The van der Waals surface area contributed by atoms with Gasteiger partial charge >= 0.3 is 6.18 Å². The molecule has 1 aliphatic carbocycles. The third-order valence-electron chi connectivity index (χ3n) is 4.13. The number of likely N-dealkylation sites (N-methyl/N-ethyl adjacent to an activating group) is 1. The van der Waals surface area contributed by atoms with Crippen molar-refractivity contribution in [2.75, 3.05) is 7.05 Å². The lowest BCUT2D eigenvalue weighted by molar-refractivity contribution is -0.199. The monoisotopic (exact) mass is 275 g/mol. The second-order valence-corrected chi connectivity index (χ2v) is 5.28. The predicted octanol–water partition coefficient (Wildman–Crippen LogP) is 3.78. The fourth-order valence-electron chi connectivity index (χ4n) is 3.16. The van der Waals surface area contributed by atoms with Crippen LogP contribution in [0.15, 0.2) is 22.8 Å². The van der Waals surface area contributed by atoms with Crippen molar-refractivity contribution in [3.8, 4) is 0 Å². The maximum absolute atomic E-state index is 13.1. The molecule has 0 radical (unpaired) electrons. The summed E-state index contributed by atoms with van der Waals surface area (Å²) in [5, 5.41) is 3.05. The largest absolute Gasteiger partial charge is 0.469 e. The molecule has 2 rings (SSSR count). The van der Waals surface area contributed by atoms with E-state index < -0.39 is 12.1 Å². The molecule has 108 valence electrons. The summed E-state index contributed by atoms with van der Waals surface area (Å²) in [6.45, 7) is 0. The maximum atomic E-state index is 13.1. The van der Waals surface area contributed by atoms with E-state index in [1.165, 1.54) is 0 Å². The number of halogens is 3. The first-order valence-electron chi connectivity index (χ1n) is 6.78. The van der Waals surface area contributed by atoms with Crippen LogP contribution in [0.3, 0.4) is 0 Å². The molecule has 19 heavy (non-hydrogen) atoms. The quantitative estimate of drug-likeness (QED) is 0.904. The zero-order valence-corrected chi connectivity index (χ0v) is 11.0. The summed E-state index contributed by atoms with van der Waals surface area (Å²) in [4.78, 5) is 0. The van der Waals surface area contributed by atoms with Crippen LogP contribution in [0.4, 0.5) is 13.2 Å². The van der Waals surface area contributed by atoms with Gasteiger partial charge in [-0.3, -0.25) is 0 Å². The Bertz CT molecular complexity index is 375. The van der Waals surface area contributed by atoms with E-state index in [9.17, 15) is 13.2 Å². The number of alkyl halides is 3. The Labute approximate surface area is 111 Å². The van der Waals surface area contributed by atoms with Gasteiger partial charge in [0.05, 0.1) is 12.2 Å². The summed E-state index contributed by atoms with van der Waals surface area (Å²) in [6, 6.07) is 3.40. The minimum Gasteiger partial charge on any atom is -0.469 e. The number of hydrogen-bond donors (Lipinski definition) is 1. The molecular weight excluding hydrogens is 255 g/mol. The van der Waals surface area contributed by atoms with Crippen molar-refractivity contribution in [3.05, 3.63) is 24.2 Å². The Hall–Kier alpha value is -0.970. The molecule has 1 aromatic heterocycles. The Balaban J connectivity index is 2.10. The highest BCUT2D eigenvalue weighted by molar-refractivity contribution is 5.02. The molecule has 0 amide bonds. The third kappa shape index (κ3) is 3.53. The molecule has 1 aliphatic rings. The summed E-state index contributed by atoms with van der Waals surface area (Å²) in [5.41, 5.74) is 0. The van der Waals surface area contributed by atoms with Crippen molar-refractivity contribution in [1.82, 2.24) is 5.32 Å². The molecule has 1 heterocycles. The van der Waals surface area contributed by atoms with E-state index in [-0.39, 0.29) is 18.4 Å². The van der Waals surface area contributed by atoms with E-state index in [1.54, 1.807) is 19.4 Å². The highest BCUT2D eigenvalue weighted by atomic mass is 19.4. The summed E-state index contributed by atoms with van der Waals surface area (Å²) in [7, 11) is 1.73. The lowest BCUT2D eigenvalue weighted by Gasteiger charge is -2.37. The average Bonchev–Trinajstić information content (AvgIpc) is 2.88. The first-order valence-corrected chi connectivity index (χ1v) is 6.78. The zero-order chi connectivity index (χ0) is 13.9. The third-order valence-corrected chi connectivity index (χ3v) is 4.13. The maximum Gasteiger partial charge on any atom is 0.392 e. The van der Waals surface area contributed by atoms with Crippen LogP contribution in [-0.4, -0.2) is 19.3 Å². The molecule has 0 spiro atoms. The second-order valence-electron chi connectivity index (χ2n) is 5.28. The fraction of sp³-hybridized carbons (Fsp3) is 0.714. The van der Waals surface area contributed by atoms with E-state index in [2.05, 4.69) is 5.32 Å². The highest BCUT2D eigenvalue weighted by Gasteiger charge is 2.47. The van der Waals surface area contributed by atoms with Gasteiger partial charge in [-0.25, -0.2) is 0 Å². The van der Waals surface area contributed by atoms with Crippen LogP contribution < -0.4 is 5.32 Å². The van der Waals surface area contributed by atoms with Crippen LogP contribution in [0.1, 0.15) is 31.4 Å². The molecule has 5 heteroatoms. The van der Waals surface area contributed by atoms with Crippen LogP contribution >= 0.6 is 0 Å². The van der Waals surface area contributed by atoms with Crippen molar-refractivity contribution in [2.24, 2.45) is 11.8 Å². The summed E-state index contributed by atoms with van der Waals surface area (Å²) < 4.78 is 44.6. The lowest BCUT2D eigenvalue weighted by Crippen LogP contribution is -2.45. The van der Waals surface area contributed by atoms with Crippen LogP contribution in [0.2, 0.25) is 0 Å². The van der Waals surface area contributed by atoms with Crippen LogP contribution in [-0.2, 0) is 6.42 Å². The van der Waals surface area contributed by atoms with Crippen molar-refractivity contribution >= 4 is 0 Å². The summed E-state index contributed by atoms with van der Waals surface area (Å²) in [5.74, 6) is -0.802. The predicted molar refractivity (Wildman–Crippen MR) is 66.8 cm³/mol. The van der Waals surface area contributed by atoms with Gasteiger partial charge < -0.3 is 9.73 Å². The Morgan fingerprint density at radius 1 is 1.37 bits per heavy atom. The van der Waals surface area contributed by atoms with Crippen molar-refractivity contribution in [2.45, 2.75) is 44.3 Å². The van der Waals surface area contributed by atoms with Crippen LogP contribution in [0, 0.1) is 11.8 Å². The van der Waals surface area contributed by atoms with Crippen molar-refractivity contribution in [3.63, 3.8) is 0 Å². The SMILES string of the molecule is CNC(Cc1ccco1)C1CCCCC1C(F)(F)F. The molecule has 3 atom stereocenters. The van der Waals surface area contributed by atoms with Crippen LogP contribution in [0.5, 0.6) is 0 Å². The van der Waals surface area contributed by atoms with E-state index in [1.807, 2.05) is 6.07 Å². The van der Waals surface area contributed by atoms with Gasteiger partial charge in [0.15, 0.2) is 0 Å². The molecule has 3 unspecified atom stereocenters. The fourth-order valence-corrected chi connectivity index (χ4v) is 3.16. The minimum absolute atomic E-state index is 0.182. The number of hydrogen-bond acceptors (Lipinski definition) is 2. The second kappa shape index (κ2) is 5.99. The molecule has 1 fully saturated rings. The number of furan rings is 1. The molecule has 0 bridgehead atoms. The Morgan fingerprint density at radius 2 is 2.11 bits per heavy atom. The van der Waals surface area contributed by atoms with Crippen LogP contribution in [0.25, 0.3) is 0 Å². The average molecular weight is 275 g/mol. The van der Waals surface area contributed by atoms with Gasteiger partial charge in [-0.1, -0.05) is 12.8 Å². The van der Waals surface area contributed by atoms with Gasteiger partial charge in [0.25, 0.3) is 0 Å². The topological polar surface area (TPSA) is 25.2 Å². The number of rotatable bonds is 4. The van der Waals surface area contributed by atoms with Gasteiger partial charge in [-0.05, 0) is 37.9 Å². The standard InChI is InChI=1S/C14H20F3NO/c1-18-13(9-10-5-4-8-19-10)11-6-2-3-7-12(11)14(15,16)17/h4-5,8,11-13,18H,2-3,6-7,9H2,1H3. The zero-order valence-electron chi connectivity index (χ0n) is 11.0. The van der Waals surface area contributed by atoms with Crippen molar-refractivity contribution < 1.29 is 17.6 Å². The Kier molecular flexibility index (Phi) is 4.55. The molecule has 0 saturated heterocycles. The Morgan fingerprint density at radius 3 is 2.68 bits per heavy atom. The van der Waals surface area contributed by atoms with Gasteiger partial charge in [0, 0.05) is 12.5 Å². The van der Waals surface area contributed by atoms with E-state index in [0.29, 0.717) is 19.3 Å². The summed E-state index contributed by atoms with van der Waals surface area (Å²) in [6.07, 6.45) is 0.431. The molecule has 0 aliphatic heterocycles. The summed E-state index contributed by atoms with van der Waals surface area (Å²) >= 11 is 0. The lowest BCUT2D eigenvalue weighted by atomic mass is 9.74. The normalized spacial score (nSPS) is 26.3. The van der Waals surface area contributed by atoms with Gasteiger partial charge in [-0.2, -0.15) is 13.2 Å². The van der Waals surface area contributed by atoms with E-state index in [4.69, 9.17) is 4.42 Å². The van der Waals surface area contributed by atoms with E-state index >= 15 is 0 Å². The van der Waals surface area contributed by atoms with Gasteiger partial charge in [0.1, 0.15) is 5.76 Å². The number of nitrogens with one attached hydrogen (secondary N) is 1. The smallest absolute Gasteiger partial charge is 0.392 e. The van der Waals surface area contributed by atoms with Gasteiger partial charge in [-0.15, -0.1) is 0 Å². The van der Waals surface area contributed by atoms with E-state index in [0.717, 1.165) is 12.2 Å². The van der Waals surface area contributed by atoms with Crippen molar-refractivity contribution in [1.29, 1.82) is 0 Å². The first-order chi connectivity index (χ1) is 9.02.